The Balaban J connectivity index is 2.00. The molecule has 126 valence electrons. The Labute approximate surface area is 153 Å². The molecule has 5 heteroatoms. The quantitative estimate of drug-likeness (QED) is 0.340. The third-order valence-corrected chi connectivity index (χ3v) is 4.63. The summed E-state index contributed by atoms with van der Waals surface area (Å²) in [6.45, 7) is 0. The van der Waals surface area contributed by atoms with E-state index in [1.54, 1.807) is 34.7 Å². The molecule has 5 rings (SSSR count). The van der Waals surface area contributed by atoms with Crippen molar-refractivity contribution in [2.75, 3.05) is 0 Å². The van der Waals surface area contributed by atoms with Gasteiger partial charge in [0, 0.05) is 10.9 Å². The minimum Gasteiger partial charge on any atom is -0.268 e. The van der Waals surface area contributed by atoms with Gasteiger partial charge in [0.05, 0.1) is 28.1 Å². The highest BCUT2D eigenvalue weighted by Gasteiger charge is 2.15. The molecule has 0 unspecified atom stereocenters. The smallest absolute Gasteiger partial charge is 0.267 e. The van der Waals surface area contributed by atoms with Gasteiger partial charge in [0.2, 0.25) is 0 Å². The molecular weight excluding hydrogens is 336 g/mol. The highest BCUT2D eigenvalue weighted by atomic mass is 16.1. The van der Waals surface area contributed by atoms with E-state index in [0.717, 1.165) is 16.5 Å². The highest BCUT2D eigenvalue weighted by molar-refractivity contribution is 5.95. The summed E-state index contributed by atoms with van der Waals surface area (Å²) in [6.07, 6.45) is 0. The SMILES string of the molecule is N#Cc1ccc(-c2nc3ccccc3c3nc4ccccc4c(=O)n23)cc1. The molecular formula is C22H12N4O. The standard InChI is InChI=1S/C22H12N4O/c23-13-14-9-11-15(12-10-14)20-24-18-7-3-1-5-16(18)21-25-19-8-4-2-6-17(19)22(27)26(20)21/h1-12H. The molecule has 0 aliphatic rings. The van der Waals surface area contributed by atoms with Gasteiger partial charge in [0.1, 0.15) is 5.82 Å². The molecule has 2 heterocycles. The molecule has 2 aromatic heterocycles. The zero-order valence-corrected chi connectivity index (χ0v) is 14.1. The molecule has 0 bridgehead atoms. The van der Waals surface area contributed by atoms with E-state index in [1.165, 1.54) is 0 Å². The fourth-order valence-electron chi connectivity index (χ4n) is 3.32. The van der Waals surface area contributed by atoms with Gasteiger partial charge < -0.3 is 0 Å². The summed E-state index contributed by atoms with van der Waals surface area (Å²) in [4.78, 5) is 22.8. The second-order valence-corrected chi connectivity index (χ2v) is 6.23. The lowest BCUT2D eigenvalue weighted by Crippen LogP contribution is -2.18. The van der Waals surface area contributed by atoms with Crippen molar-refractivity contribution >= 4 is 27.5 Å². The van der Waals surface area contributed by atoms with Gasteiger partial charge in [-0.15, -0.1) is 0 Å². The van der Waals surface area contributed by atoms with Crippen LogP contribution in [0.2, 0.25) is 0 Å². The van der Waals surface area contributed by atoms with E-state index < -0.39 is 0 Å². The molecule has 0 spiro atoms. The molecule has 0 saturated carbocycles. The fraction of sp³-hybridized carbons (Fsp3) is 0. The number of nitrogens with zero attached hydrogens (tertiary/aromatic N) is 4. The summed E-state index contributed by atoms with van der Waals surface area (Å²) >= 11 is 0. The third kappa shape index (κ3) is 2.28. The van der Waals surface area contributed by atoms with Gasteiger partial charge in [0.15, 0.2) is 5.65 Å². The summed E-state index contributed by atoms with van der Waals surface area (Å²) in [7, 11) is 0. The number of benzene rings is 3. The van der Waals surface area contributed by atoms with Crippen LogP contribution in [0.3, 0.4) is 0 Å². The van der Waals surface area contributed by atoms with Crippen molar-refractivity contribution < 1.29 is 0 Å². The van der Waals surface area contributed by atoms with E-state index in [-0.39, 0.29) is 5.56 Å². The van der Waals surface area contributed by atoms with E-state index >= 15 is 0 Å². The van der Waals surface area contributed by atoms with Crippen LogP contribution in [0.15, 0.2) is 77.6 Å². The van der Waals surface area contributed by atoms with Crippen molar-refractivity contribution in [3.05, 3.63) is 88.7 Å². The highest BCUT2D eigenvalue weighted by Crippen LogP contribution is 2.25. The predicted octanol–water partition coefficient (Wildman–Crippen LogP) is 3.93. The van der Waals surface area contributed by atoms with Crippen molar-refractivity contribution in [1.82, 2.24) is 14.4 Å². The second kappa shape index (κ2) is 5.75. The topological polar surface area (TPSA) is 71.0 Å². The Bertz CT molecular complexity index is 1440. The monoisotopic (exact) mass is 348 g/mol. The first kappa shape index (κ1) is 15.2. The van der Waals surface area contributed by atoms with Gasteiger partial charge in [-0.25, -0.2) is 14.4 Å². The van der Waals surface area contributed by atoms with Crippen LogP contribution in [0.25, 0.3) is 38.8 Å². The van der Waals surface area contributed by atoms with E-state index in [9.17, 15) is 4.79 Å². The van der Waals surface area contributed by atoms with Crippen LogP contribution in [0.1, 0.15) is 5.56 Å². The molecule has 0 saturated heterocycles. The van der Waals surface area contributed by atoms with E-state index in [4.69, 9.17) is 15.2 Å². The molecule has 5 aromatic rings. The van der Waals surface area contributed by atoms with Crippen LogP contribution in [-0.4, -0.2) is 14.4 Å². The van der Waals surface area contributed by atoms with Crippen LogP contribution in [0, 0.1) is 11.3 Å². The van der Waals surface area contributed by atoms with E-state index in [0.29, 0.717) is 27.9 Å². The van der Waals surface area contributed by atoms with Crippen LogP contribution >= 0.6 is 0 Å². The first-order chi connectivity index (χ1) is 13.3. The summed E-state index contributed by atoms with van der Waals surface area (Å²) in [5.74, 6) is 0.511. The first-order valence-corrected chi connectivity index (χ1v) is 8.47. The predicted molar refractivity (Wildman–Crippen MR) is 104 cm³/mol. The average molecular weight is 348 g/mol. The lowest BCUT2D eigenvalue weighted by molar-refractivity contribution is 1.05. The third-order valence-electron chi connectivity index (χ3n) is 4.63. The Morgan fingerprint density at radius 2 is 1.41 bits per heavy atom. The van der Waals surface area contributed by atoms with Crippen molar-refractivity contribution in [3.8, 4) is 17.5 Å². The second-order valence-electron chi connectivity index (χ2n) is 6.23. The normalized spacial score (nSPS) is 11.1. The number of nitriles is 1. The van der Waals surface area contributed by atoms with Crippen LogP contribution in [0.4, 0.5) is 0 Å². The minimum atomic E-state index is -0.159. The molecule has 0 aliphatic carbocycles. The maximum Gasteiger partial charge on any atom is 0.267 e. The molecule has 0 fully saturated rings. The lowest BCUT2D eigenvalue weighted by atomic mass is 10.1. The van der Waals surface area contributed by atoms with Crippen molar-refractivity contribution in [2.24, 2.45) is 0 Å². The molecule has 0 radical (unpaired) electrons. The number of hydrogen-bond donors (Lipinski definition) is 0. The van der Waals surface area contributed by atoms with E-state index in [2.05, 4.69) is 6.07 Å². The molecule has 27 heavy (non-hydrogen) atoms. The average Bonchev–Trinajstić information content (AvgIpc) is 2.73. The minimum absolute atomic E-state index is 0.159. The Morgan fingerprint density at radius 1 is 0.778 bits per heavy atom. The maximum absolute atomic E-state index is 13.3. The Kier molecular flexibility index (Phi) is 3.24. The van der Waals surface area contributed by atoms with Gasteiger partial charge in [-0.1, -0.05) is 24.3 Å². The van der Waals surface area contributed by atoms with Crippen LogP contribution < -0.4 is 5.56 Å². The first-order valence-electron chi connectivity index (χ1n) is 8.47. The van der Waals surface area contributed by atoms with Crippen molar-refractivity contribution in [1.29, 1.82) is 5.26 Å². The fourth-order valence-corrected chi connectivity index (χ4v) is 3.32. The summed E-state index contributed by atoms with van der Waals surface area (Å²) in [6, 6.07) is 24.1. The Morgan fingerprint density at radius 3 is 2.11 bits per heavy atom. The van der Waals surface area contributed by atoms with Gasteiger partial charge >= 0.3 is 0 Å². The van der Waals surface area contributed by atoms with Gasteiger partial charge in [-0.3, -0.25) is 4.79 Å². The number of para-hydroxylation sites is 2. The zero-order chi connectivity index (χ0) is 18.4. The summed E-state index contributed by atoms with van der Waals surface area (Å²) in [5, 5.41) is 10.4. The largest absolute Gasteiger partial charge is 0.268 e. The van der Waals surface area contributed by atoms with Crippen molar-refractivity contribution in [3.63, 3.8) is 0 Å². The van der Waals surface area contributed by atoms with Gasteiger partial charge in [-0.05, 0) is 48.5 Å². The van der Waals surface area contributed by atoms with E-state index in [1.807, 2.05) is 42.5 Å². The number of aromatic nitrogens is 3. The number of rotatable bonds is 1. The van der Waals surface area contributed by atoms with Crippen molar-refractivity contribution in [2.45, 2.75) is 0 Å². The lowest BCUT2D eigenvalue weighted by Gasteiger charge is -2.12. The molecule has 0 atom stereocenters. The maximum atomic E-state index is 13.3. The number of hydrogen-bond acceptors (Lipinski definition) is 4. The molecule has 5 nitrogen and oxygen atoms in total. The molecule has 0 aliphatic heterocycles. The van der Waals surface area contributed by atoms with Crippen LogP contribution in [-0.2, 0) is 0 Å². The molecule has 0 amide bonds. The number of fused-ring (bicyclic) bond motifs is 4. The molecule has 0 N–H and O–H groups in total. The zero-order valence-electron chi connectivity index (χ0n) is 14.1. The Hall–Kier alpha value is -4.04. The van der Waals surface area contributed by atoms with Crippen LogP contribution in [0.5, 0.6) is 0 Å². The van der Waals surface area contributed by atoms with Gasteiger partial charge in [0.25, 0.3) is 5.56 Å². The van der Waals surface area contributed by atoms with Gasteiger partial charge in [-0.2, -0.15) is 5.26 Å². The summed E-state index contributed by atoms with van der Waals surface area (Å²) in [5.41, 5.74) is 3.14. The molecule has 3 aromatic carbocycles. The summed E-state index contributed by atoms with van der Waals surface area (Å²) < 4.78 is 1.56.